The summed E-state index contributed by atoms with van der Waals surface area (Å²) in [5, 5.41) is 0. The van der Waals surface area contributed by atoms with Gasteiger partial charge in [-0.3, -0.25) is 9.88 Å². The van der Waals surface area contributed by atoms with Crippen LogP contribution in [-0.2, 0) is 0 Å². The van der Waals surface area contributed by atoms with Crippen LogP contribution < -0.4 is 0 Å². The van der Waals surface area contributed by atoms with Crippen molar-refractivity contribution in [2.24, 2.45) is 0 Å². The second kappa shape index (κ2) is 10.3. The average molecular weight is 340 g/mol. The molecule has 1 aliphatic rings. The lowest BCUT2D eigenvalue weighted by molar-refractivity contribution is 0.112. The second-order valence-corrected chi connectivity index (χ2v) is 6.75. The van der Waals surface area contributed by atoms with E-state index in [1.807, 2.05) is 12.3 Å². The van der Waals surface area contributed by atoms with Gasteiger partial charge in [0.2, 0.25) is 0 Å². The molecule has 0 aliphatic carbocycles. The highest BCUT2D eigenvalue weighted by molar-refractivity contribution is 5.30. The number of nitrogens with zero attached hydrogens (tertiary/aromatic N) is 3. The van der Waals surface area contributed by atoms with Gasteiger partial charge in [-0.25, -0.2) is 0 Å². The Labute approximate surface area is 153 Å². The molecular formula is C22H33N3. The van der Waals surface area contributed by atoms with Crippen LogP contribution in [0.1, 0.15) is 50.1 Å². The topological polar surface area (TPSA) is 19.4 Å². The van der Waals surface area contributed by atoms with Crippen LogP contribution in [-0.4, -0.2) is 47.5 Å². The van der Waals surface area contributed by atoms with Gasteiger partial charge in [0.15, 0.2) is 0 Å². The first-order valence-corrected chi connectivity index (χ1v) is 9.63. The smallest absolute Gasteiger partial charge is 0.0777 e. The van der Waals surface area contributed by atoms with Crippen molar-refractivity contribution < 1.29 is 0 Å². The third kappa shape index (κ3) is 5.65. The number of hydrogen-bond donors (Lipinski definition) is 0. The Bertz CT molecular complexity index is 586. The van der Waals surface area contributed by atoms with Crippen molar-refractivity contribution in [1.82, 2.24) is 14.8 Å². The first-order chi connectivity index (χ1) is 12.2. The predicted molar refractivity (Wildman–Crippen MR) is 107 cm³/mol. The Kier molecular flexibility index (Phi) is 8.10. The van der Waals surface area contributed by atoms with Gasteiger partial charge in [-0.05, 0) is 31.2 Å². The van der Waals surface area contributed by atoms with Gasteiger partial charge in [-0.1, -0.05) is 63.1 Å². The van der Waals surface area contributed by atoms with E-state index in [1.165, 1.54) is 17.5 Å². The van der Waals surface area contributed by atoms with Crippen molar-refractivity contribution in [3.05, 3.63) is 65.5 Å². The number of hydrogen-bond acceptors (Lipinski definition) is 3. The third-order valence-electron chi connectivity index (χ3n) is 4.58. The summed E-state index contributed by atoms with van der Waals surface area (Å²) in [5.74, 6) is 0. The normalized spacial score (nSPS) is 16.8. The van der Waals surface area contributed by atoms with E-state index in [0.717, 1.165) is 38.4 Å². The Hall–Kier alpha value is -1.71. The molecule has 0 bridgehead atoms. The molecule has 2 aromatic rings. The van der Waals surface area contributed by atoms with E-state index in [0.29, 0.717) is 0 Å². The first-order valence-electron chi connectivity index (χ1n) is 9.63. The van der Waals surface area contributed by atoms with Gasteiger partial charge in [0.1, 0.15) is 0 Å². The molecule has 0 radical (unpaired) electrons. The van der Waals surface area contributed by atoms with Crippen molar-refractivity contribution in [3.8, 4) is 0 Å². The Morgan fingerprint density at radius 3 is 2.08 bits per heavy atom. The van der Waals surface area contributed by atoms with E-state index in [1.54, 1.807) is 0 Å². The summed E-state index contributed by atoms with van der Waals surface area (Å²) < 4.78 is 0. The summed E-state index contributed by atoms with van der Waals surface area (Å²) in [6.45, 7) is 14.3. The lowest BCUT2D eigenvalue weighted by Crippen LogP contribution is -2.47. The van der Waals surface area contributed by atoms with Gasteiger partial charge in [0.05, 0.1) is 11.7 Å². The van der Waals surface area contributed by atoms with Crippen LogP contribution in [0.25, 0.3) is 0 Å². The number of aryl methyl sites for hydroxylation is 1. The molecule has 0 N–H and O–H groups in total. The van der Waals surface area contributed by atoms with Crippen LogP contribution in [0.5, 0.6) is 0 Å². The van der Waals surface area contributed by atoms with Crippen LogP contribution in [0.15, 0.2) is 48.7 Å². The Balaban J connectivity index is 0.000000701. The first kappa shape index (κ1) is 19.6. The van der Waals surface area contributed by atoms with Crippen LogP contribution in [0.2, 0.25) is 0 Å². The molecule has 136 valence electrons. The molecule has 25 heavy (non-hydrogen) atoms. The maximum Gasteiger partial charge on any atom is 0.0777 e. The molecule has 3 nitrogen and oxygen atoms in total. The zero-order chi connectivity index (χ0) is 18.1. The number of pyridine rings is 1. The van der Waals surface area contributed by atoms with Crippen molar-refractivity contribution in [1.29, 1.82) is 0 Å². The molecular weight excluding hydrogens is 306 g/mol. The highest BCUT2D eigenvalue weighted by atomic mass is 15.3. The van der Waals surface area contributed by atoms with Crippen molar-refractivity contribution in [2.75, 3.05) is 32.7 Å². The summed E-state index contributed by atoms with van der Waals surface area (Å²) in [4.78, 5) is 9.72. The maximum atomic E-state index is 4.64. The van der Waals surface area contributed by atoms with Crippen LogP contribution in [0.4, 0.5) is 0 Å². The molecule has 1 aliphatic heterocycles. The lowest BCUT2D eigenvalue weighted by atomic mass is 9.99. The fraction of sp³-hybridized carbons (Fsp3) is 0.500. The molecule has 0 spiro atoms. The summed E-state index contributed by atoms with van der Waals surface area (Å²) in [5.41, 5.74) is 3.80. The highest BCUT2D eigenvalue weighted by Gasteiger charge is 2.26. The van der Waals surface area contributed by atoms with Crippen molar-refractivity contribution in [3.63, 3.8) is 0 Å². The average Bonchev–Trinajstić information content (AvgIpc) is 2.66. The van der Waals surface area contributed by atoms with E-state index < -0.39 is 0 Å². The molecule has 2 heterocycles. The second-order valence-electron chi connectivity index (χ2n) is 6.75. The number of piperazine rings is 1. The SMILES string of the molecule is CCC.CCN1CCN(C(c2ccc(C)cc2)c2ccccn2)CC1. The minimum Gasteiger partial charge on any atom is -0.301 e. The monoisotopic (exact) mass is 339 g/mol. The number of rotatable bonds is 4. The van der Waals surface area contributed by atoms with E-state index in [2.05, 4.69) is 78.9 Å². The third-order valence-corrected chi connectivity index (χ3v) is 4.58. The maximum absolute atomic E-state index is 4.64. The fourth-order valence-electron chi connectivity index (χ4n) is 3.19. The molecule has 3 heteroatoms. The molecule has 0 saturated carbocycles. The number of likely N-dealkylation sites (N-methyl/N-ethyl adjacent to an activating group) is 1. The van der Waals surface area contributed by atoms with Crippen molar-refractivity contribution >= 4 is 0 Å². The number of benzene rings is 1. The minimum absolute atomic E-state index is 0.265. The van der Waals surface area contributed by atoms with Gasteiger partial charge in [0.25, 0.3) is 0 Å². The van der Waals surface area contributed by atoms with Crippen LogP contribution >= 0.6 is 0 Å². The van der Waals surface area contributed by atoms with Gasteiger partial charge >= 0.3 is 0 Å². The zero-order valence-corrected chi connectivity index (χ0v) is 16.3. The lowest BCUT2D eigenvalue weighted by Gasteiger charge is -2.39. The van der Waals surface area contributed by atoms with Crippen LogP contribution in [0, 0.1) is 6.92 Å². The molecule has 3 rings (SSSR count). The Morgan fingerprint density at radius 1 is 0.920 bits per heavy atom. The quantitative estimate of drug-likeness (QED) is 0.815. The fourth-order valence-corrected chi connectivity index (χ4v) is 3.19. The van der Waals surface area contributed by atoms with Gasteiger partial charge in [-0.15, -0.1) is 0 Å². The number of aromatic nitrogens is 1. The molecule has 1 saturated heterocycles. The molecule has 1 fully saturated rings. The molecule has 1 unspecified atom stereocenters. The van der Waals surface area contributed by atoms with E-state index in [9.17, 15) is 0 Å². The van der Waals surface area contributed by atoms with Crippen LogP contribution in [0.3, 0.4) is 0 Å². The van der Waals surface area contributed by atoms with Gasteiger partial charge in [0, 0.05) is 32.4 Å². The molecule has 1 aromatic heterocycles. The van der Waals surface area contributed by atoms with Gasteiger partial charge in [-0.2, -0.15) is 0 Å². The molecule has 1 atom stereocenters. The zero-order valence-electron chi connectivity index (χ0n) is 16.3. The van der Waals surface area contributed by atoms with E-state index in [4.69, 9.17) is 0 Å². The van der Waals surface area contributed by atoms with E-state index in [-0.39, 0.29) is 6.04 Å². The van der Waals surface area contributed by atoms with Gasteiger partial charge < -0.3 is 4.90 Å². The molecule has 1 aromatic carbocycles. The minimum atomic E-state index is 0.265. The largest absolute Gasteiger partial charge is 0.301 e. The summed E-state index contributed by atoms with van der Waals surface area (Å²) in [6.07, 6.45) is 3.15. The van der Waals surface area contributed by atoms with E-state index >= 15 is 0 Å². The standard InChI is InChI=1S/C19H25N3.C3H8/c1-3-21-12-14-22(15-13-21)19(18-6-4-5-11-20-18)17-9-7-16(2)8-10-17;1-3-2/h4-11,19H,3,12-15H2,1-2H3;3H2,1-2H3. The van der Waals surface area contributed by atoms with Crippen molar-refractivity contribution in [2.45, 2.75) is 40.2 Å². The highest BCUT2D eigenvalue weighted by Crippen LogP contribution is 2.28. The summed E-state index contributed by atoms with van der Waals surface area (Å²) >= 11 is 0. The summed E-state index contributed by atoms with van der Waals surface area (Å²) in [7, 11) is 0. The predicted octanol–water partition coefficient (Wildman–Crippen LogP) is 4.53. The Morgan fingerprint density at radius 2 is 1.56 bits per heavy atom. The summed E-state index contributed by atoms with van der Waals surface area (Å²) in [6, 6.07) is 15.4. The molecule has 0 amide bonds.